The highest BCUT2D eigenvalue weighted by Crippen LogP contribution is 2.48. The van der Waals surface area contributed by atoms with E-state index in [0.29, 0.717) is 5.92 Å². The molecular weight excluding hydrogens is 703 g/mol. The Balaban J connectivity index is 1.16. The molecule has 1 aliphatic carbocycles. The molecular formula is C56H43NO. The monoisotopic (exact) mass is 745 g/mol. The van der Waals surface area contributed by atoms with Crippen molar-refractivity contribution in [3.8, 4) is 33.4 Å². The van der Waals surface area contributed by atoms with Crippen molar-refractivity contribution in [2.45, 2.75) is 38.0 Å². The molecule has 0 unspecified atom stereocenters. The Bertz CT molecular complexity index is 3120. The van der Waals surface area contributed by atoms with Crippen molar-refractivity contribution in [1.82, 2.24) is 0 Å². The van der Waals surface area contributed by atoms with Crippen LogP contribution in [0, 0.1) is 0 Å². The van der Waals surface area contributed by atoms with Gasteiger partial charge in [-0.2, -0.15) is 0 Å². The van der Waals surface area contributed by atoms with Gasteiger partial charge in [-0.3, -0.25) is 0 Å². The molecule has 0 spiro atoms. The van der Waals surface area contributed by atoms with Crippen LogP contribution in [0.25, 0.3) is 76.9 Å². The van der Waals surface area contributed by atoms with Crippen LogP contribution in [0.3, 0.4) is 0 Å². The molecule has 0 bridgehead atoms. The van der Waals surface area contributed by atoms with Crippen molar-refractivity contribution in [3.05, 3.63) is 200 Å². The highest BCUT2D eigenvalue weighted by atomic mass is 16.3. The van der Waals surface area contributed by atoms with Crippen LogP contribution < -0.4 is 4.90 Å². The van der Waals surface area contributed by atoms with E-state index in [-0.39, 0.29) is 0 Å². The van der Waals surface area contributed by atoms with Gasteiger partial charge in [-0.1, -0.05) is 171 Å². The second-order valence-corrected chi connectivity index (χ2v) is 15.8. The van der Waals surface area contributed by atoms with Gasteiger partial charge >= 0.3 is 0 Å². The van der Waals surface area contributed by atoms with Gasteiger partial charge in [0.1, 0.15) is 11.2 Å². The number of rotatable bonds is 7. The number of hydrogen-bond donors (Lipinski definition) is 0. The van der Waals surface area contributed by atoms with Crippen molar-refractivity contribution in [1.29, 1.82) is 0 Å². The summed E-state index contributed by atoms with van der Waals surface area (Å²) in [5.41, 5.74) is 13.9. The fraction of sp³-hybridized carbons (Fsp3) is 0.107. The summed E-state index contributed by atoms with van der Waals surface area (Å²) >= 11 is 0. The van der Waals surface area contributed by atoms with Gasteiger partial charge in [-0.15, -0.1) is 0 Å². The van der Waals surface area contributed by atoms with Crippen LogP contribution in [0.1, 0.15) is 43.6 Å². The molecule has 58 heavy (non-hydrogen) atoms. The van der Waals surface area contributed by atoms with Gasteiger partial charge in [0, 0.05) is 27.6 Å². The lowest BCUT2D eigenvalue weighted by Gasteiger charge is -2.31. The number of hydrogen-bond acceptors (Lipinski definition) is 2. The first-order valence-electron chi connectivity index (χ1n) is 20.8. The first-order valence-corrected chi connectivity index (χ1v) is 20.8. The fourth-order valence-electron chi connectivity index (χ4n) is 9.75. The summed E-state index contributed by atoms with van der Waals surface area (Å²) in [7, 11) is 0. The van der Waals surface area contributed by atoms with Gasteiger partial charge in [0.2, 0.25) is 0 Å². The Kier molecular flexibility index (Phi) is 8.62. The van der Waals surface area contributed by atoms with E-state index in [9.17, 15) is 0 Å². The van der Waals surface area contributed by atoms with Crippen LogP contribution >= 0.6 is 0 Å². The number of benzene rings is 9. The third-order valence-corrected chi connectivity index (χ3v) is 12.5. The van der Waals surface area contributed by atoms with E-state index in [0.717, 1.165) is 50.1 Å². The van der Waals surface area contributed by atoms with Crippen molar-refractivity contribution in [2.24, 2.45) is 0 Å². The average molecular weight is 746 g/mol. The molecule has 10 aromatic rings. The maximum atomic E-state index is 6.29. The van der Waals surface area contributed by atoms with Gasteiger partial charge in [0.15, 0.2) is 0 Å². The minimum atomic E-state index is 0.578. The molecule has 0 aliphatic heterocycles. The Labute approximate surface area is 339 Å². The molecule has 1 aromatic heterocycles. The Morgan fingerprint density at radius 3 is 1.86 bits per heavy atom. The zero-order chi connectivity index (χ0) is 38.4. The van der Waals surface area contributed by atoms with E-state index in [2.05, 4.69) is 193 Å². The topological polar surface area (TPSA) is 16.4 Å². The van der Waals surface area contributed by atoms with Crippen LogP contribution in [-0.2, 0) is 0 Å². The molecule has 1 heterocycles. The largest absolute Gasteiger partial charge is 0.456 e. The van der Waals surface area contributed by atoms with Gasteiger partial charge in [0.25, 0.3) is 0 Å². The van der Waals surface area contributed by atoms with Gasteiger partial charge in [0.05, 0.1) is 11.4 Å². The van der Waals surface area contributed by atoms with Crippen molar-refractivity contribution in [2.75, 3.05) is 4.90 Å². The molecule has 1 fully saturated rings. The van der Waals surface area contributed by atoms with Crippen LogP contribution in [0.5, 0.6) is 0 Å². The van der Waals surface area contributed by atoms with E-state index < -0.39 is 0 Å². The number of anilines is 3. The van der Waals surface area contributed by atoms with E-state index in [1.807, 2.05) is 6.07 Å². The summed E-state index contributed by atoms with van der Waals surface area (Å²) in [4.78, 5) is 2.50. The summed E-state index contributed by atoms with van der Waals surface area (Å²) in [6.07, 6.45) is 6.46. The molecule has 1 aliphatic rings. The molecule has 2 nitrogen and oxygen atoms in total. The molecule has 0 amide bonds. The number of furan rings is 1. The molecule has 2 heteroatoms. The van der Waals surface area contributed by atoms with Crippen molar-refractivity contribution in [3.63, 3.8) is 0 Å². The summed E-state index contributed by atoms with van der Waals surface area (Å²) in [5.74, 6) is 0.578. The second kappa shape index (κ2) is 14.6. The maximum absolute atomic E-state index is 6.29. The zero-order valence-corrected chi connectivity index (χ0v) is 32.4. The minimum absolute atomic E-state index is 0.578. The van der Waals surface area contributed by atoms with Gasteiger partial charge < -0.3 is 9.32 Å². The normalized spacial score (nSPS) is 13.4. The SMILES string of the molecule is c1cc(-c2cccc3ccccc23)cc(N(c2ccccc2-c2ccc3oc4ccccc4c3c2)c2ccccc2-c2cccc3cccc(C4CCCCC4)c23)c1. The third-order valence-electron chi connectivity index (χ3n) is 12.5. The first-order chi connectivity index (χ1) is 28.8. The van der Waals surface area contributed by atoms with Crippen LogP contribution in [0.15, 0.2) is 199 Å². The summed E-state index contributed by atoms with van der Waals surface area (Å²) < 4.78 is 6.29. The van der Waals surface area contributed by atoms with Crippen LogP contribution in [-0.4, -0.2) is 0 Å². The molecule has 1 saturated carbocycles. The van der Waals surface area contributed by atoms with Crippen molar-refractivity contribution >= 4 is 60.5 Å². The van der Waals surface area contributed by atoms with E-state index in [1.165, 1.54) is 81.5 Å². The highest BCUT2D eigenvalue weighted by molar-refractivity contribution is 6.08. The standard InChI is InChI=1S/C56H43NO/c1-2-16-39(17-3-1)47-29-14-20-40-21-15-30-50(56(40)47)48-26-7-10-32-53(48)57(43-23-12-22-41(36-43)45-28-13-19-38-18-4-5-24-44(38)45)52-31-9-6-25-46(52)42-34-35-55-51(37-42)49-27-8-11-33-54(49)58-55/h4-15,18-37,39H,1-3,16-17H2. The third kappa shape index (κ3) is 5.96. The number of fused-ring (bicyclic) bond motifs is 5. The predicted molar refractivity (Wildman–Crippen MR) is 246 cm³/mol. The minimum Gasteiger partial charge on any atom is -0.456 e. The molecule has 0 radical (unpaired) electrons. The lowest BCUT2D eigenvalue weighted by molar-refractivity contribution is 0.445. The van der Waals surface area contributed by atoms with Crippen LogP contribution in [0.2, 0.25) is 0 Å². The predicted octanol–water partition coefficient (Wildman–Crippen LogP) is 16.4. The number of para-hydroxylation sites is 3. The first kappa shape index (κ1) is 34.4. The Morgan fingerprint density at radius 1 is 0.397 bits per heavy atom. The smallest absolute Gasteiger partial charge is 0.135 e. The van der Waals surface area contributed by atoms with Crippen molar-refractivity contribution < 1.29 is 4.42 Å². The number of nitrogens with zero attached hydrogens (tertiary/aromatic N) is 1. The van der Waals surface area contributed by atoms with Gasteiger partial charge in [-0.05, 0) is 111 Å². The molecule has 11 rings (SSSR count). The Morgan fingerprint density at radius 2 is 1.00 bits per heavy atom. The molecule has 0 atom stereocenters. The maximum Gasteiger partial charge on any atom is 0.135 e. The summed E-state index contributed by atoms with van der Waals surface area (Å²) in [6.45, 7) is 0. The average Bonchev–Trinajstić information content (AvgIpc) is 3.67. The fourth-order valence-corrected chi connectivity index (χ4v) is 9.75. The quantitative estimate of drug-likeness (QED) is 0.162. The van der Waals surface area contributed by atoms with E-state index in [4.69, 9.17) is 4.42 Å². The summed E-state index contributed by atoms with van der Waals surface area (Å²) in [5, 5.41) is 7.44. The molecule has 9 aromatic carbocycles. The highest BCUT2D eigenvalue weighted by Gasteiger charge is 2.24. The molecule has 278 valence electrons. The zero-order valence-electron chi connectivity index (χ0n) is 32.4. The molecule has 0 N–H and O–H groups in total. The van der Waals surface area contributed by atoms with E-state index >= 15 is 0 Å². The van der Waals surface area contributed by atoms with Gasteiger partial charge in [-0.25, -0.2) is 0 Å². The Hall–Kier alpha value is -6.90. The lowest BCUT2D eigenvalue weighted by atomic mass is 9.80. The lowest BCUT2D eigenvalue weighted by Crippen LogP contribution is -2.13. The van der Waals surface area contributed by atoms with Crippen LogP contribution in [0.4, 0.5) is 17.1 Å². The molecule has 0 saturated heterocycles. The van der Waals surface area contributed by atoms with E-state index in [1.54, 1.807) is 0 Å². The summed E-state index contributed by atoms with van der Waals surface area (Å²) in [6, 6.07) is 71.2. The second-order valence-electron chi connectivity index (χ2n) is 15.8.